The van der Waals surface area contributed by atoms with Gasteiger partial charge in [0.25, 0.3) is 3.79 Å². The van der Waals surface area contributed by atoms with Crippen molar-refractivity contribution in [2.45, 2.75) is 23.1 Å². The zero-order valence-corrected chi connectivity index (χ0v) is 10.6. The molecule has 0 aromatic carbocycles. The van der Waals surface area contributed by atoms with Gasteiger partial charge in [0.1, 0.15) is 6.61 Å². The molecule has 15 heavy (non-hydrogen) atoms. The van der Waals surface area contributed by atoms with E-state index in [2.05, 4.69) is 6.58 Å². The number of halogens is 3. The Kier molecular flexibility index (Phi) is 7.93. The molecule has 0 aromatic heterocycles. The molecule has 2 nitrogen and oxygen atoms in total. The SMILES string of the molecule is C=CCCCC=CCOC(=N)C(Cl)(Cl)Cl. The van der Waals surface area contributed by atoms with E-state index in [9.17, 15) is 0 Å². The molecule has 1 N–H and O–H groups in total. The average Bonchev–Trinajstić information content (AvgIpc) is 2.14. The third-order valence-electron chi connectivity index (χ3n) is 1.53. The summed E-state index contributed by atoms with van der Waals surface area (Å²) >= 11 is 16.2. The minimum absolute atomic E-state index is 0.251. The van der Waals surface area contributed by atoms with Crippen LogP contribution in [0.1, 0.15) is 19.3 Å². The summed E-state index contributed by atoms with van der Waals surface area (Å²) in [5.41, 5.74) is 0. The number of hydrogen-bond acceptors (Lipinski definition) is 2. The molecule has 0 fully saturated rings. The summed E-state index contributed by atoms with van der Waals surface area (Å²) in [5, 5.41) is 7.22. The summed E-state index contributed by atoms with van der Waals surface area (Å²) in [6.45, 7) is 3.87. The first-order valence-corrected chi connectivity index (χ1v) is 5.66. The number of rotatable bonds is 6. The van der Waals surface area contributed by atoms with Crippen LogP contribution < -0.4 is 0 Å². The first-order chi connectivity index (χ1) is 6.98. The monoisotopic (exact) mass is 269 g/mol. The smallest absolute Gasteiger partial charge is 0.265 e. The van der Waals surface area contributed by atoms with E-state index in [4.69, 9.17) is 44.9 Å². The quantitative estimate of drug-likeness (QED) is 0.253. The Morgan fingerprint density at radius 3 is 2.47 bits per heavy atom. The standard InChI is InChI=1S/C10H14Cl3NO/c1-2-3-4-5-6-7-8-15-9(14)10(11,12)13/h2,6-7,14H,1,3-5,8H2. The zero-order chi connectivity index (χ0) is 11.7. The number of hydrogen-bond donors (Lipinski definition) is 1. The topological polar surface area (TPSA) is 33.1 Å². The molecule has 0 aromatic rings. The van der Waals surface area contributed by atoms with Crippen LogP contribution in [0.3, 0.4) is 0 Å². The Morgan fingerprint density at radius 1 is 1.27 bits per heavy atom. The van der Waals surface area contributed by atoms with E-state index in [1.807, 2.05) is 12.2 Å². The molecule has 0 aliphatic carbocycles. The Hall–Kier alpha value is -0.180. The summed E-state index contributed by atoms with van der Waals surface area (Å²) in [4.78, 5) is 0. The van der Waals surface area contributed by atoms with Gasteiger partial charge in [-0.1, -0.05) is 53.0 Å². The third-order valence-corrected chi connectivity index (χ3v) is 2.04. The van der Waals surface area contributed by atoms with Gasteiger partial charge in [-0.05, 0) is 19.3 Å². The van der Waals surface area contributed by atoms with Crippen LogP contribution in [-0.2, 0) is 4.74 Å². The normalized spacial score (nSPS) is 11.7. The summed E-state index contributed by atoms with van der Waals surface area (Å²) in [6, 6.07) is 0. The van der Waals surface area contributed by atoms with Gasteiger partial charge in [0.05, 0.1) is 0 Å². The Labute approximate surface area is 105 Å². The maximum Gasteiger partial charge on any atom is 0.265 e. The van der Waals surface area contributed by atoms with Crippen LogP contribution in [0.4, 0.5) is 0 Å². The molecule has 86 valence electrons. The second-order valence-electron chi connectivity index (χ2n) is 2.83. The Balaban J connectivity index is 3.53. The van der Waals surface area contributed by atoms with E-state index in [0.29, 0.717) is 0 Å². The largest absolute Gasteiger partial charge is 0.474 e. The number of alkyl halides is 3. The highest BCUT2D eigenvalue weighted by Gasteiger charge is 2.28. The van der Waals surface area contributed by atoms with Crippen LogP contribution in [-0.4, -0.2) is 16.3 Å². The minimum atomic E-state index is -1.77. The second kappa shape index (κ2) is 8.03. The summed E-state index contributed by atoms with van der Waals surface area (Å²) in [5.74, 6) is -0.358. The molecule has 0 rings (SSSR count). The van der Waals surface area contributed by atoms with Gasteiger partial charge in [-0.3, -0.25) is 5.41 Å². The van der Waals surface area contributed by atoms with Crippen molar-refractivity contribution in [1.29, 1.82) is 5.41 Å². The maximum absolute atomic E-state index is 7.22. The lowest BCUT2D eigenvalue weighted by atomic mass is 10.2. The van der Waals surface area contributed by atoms with Crippen molar-refractivity contribution in [3.05, 3.63) is 24.8 Å². The molecular weight excluding hydrogens is 256 g/mol. The van der Waals surface area contributed by atoms with Crippen LogP contribution >= 0.6 is 34.8 Å². The fourth-order valence-corrected chi connectivity index (χ4v) is 0.943. The molecule has 5 heteroatoms. The molecule has 0 saturated carbocycles. The van der Waals surface area contributed by atoms with Gasteiger partial charge in [-0.2, -0.15) is 0 Å². The Morgan fingerprint density at radius 2 is 1.93 bits per heavy atom. The van der Waals surface area contributed by atoms with Crippen LogP contribution in [0.25, 0.3) is 0 Å². The fourth-order valence-electron chi connectivity index (χ4n) is 0.779. The molecule has 0 radical (unpaired) electrons. The van der Waals surface area contributed by atoms with Crippen molar-refractivity contribution in [2.75, 3.05) is 6.61 Å². The molecule has 0 amide bonds. The first kappa shape index (κ1) is 14.8. The second-order valence-corrected chi connectivity index (χ2v) is 5.11. The lowest BCUT2D eigenvalue weighted by Crippen LogP contribution is -2.21. The molecule has 0 spiro atoms. The fraction of sp³-hybridized carbons (Fsp3) is 0.500. The third kappa shape index (κ3) is 8.79. The van der Waals surface area contributed by atoms with E-state index in [0.717, 1.165) is 19.3 Å². The molecule has 0 aliphatic rings. The van der Waals surface area contributed by atoms with Gasteiger partial charge in [0.15, 0.2) is 0 Å². The summed E-state index contributed by atoms with van der Waals surface area (Å²) in [7, 11) is 0. The predicted octanol–water partition coefficient (Wildman–Crippen LogP) is 4.26. The van der Waals surface area contributed by atoms with E-state index in [1.165, 1.54) is 0 Å². The van der Waals surface area contributed by atoms with Crippen LogP contribution in [0.2, 0.25) is 0 Å². The number of ether oxygens (including phenoxy) is 1. The zero-order valence-electron chi connectivity index (χ0n) is 8.31. The molecular formula is C10H14Cl3NO. The minimum Gasteiger partial charge on any atom is -0.474 e. The molecule has 0 atom stereocenters. The van der Waals surface area contributed by atoms with Crippen molar-refractivity contribution in [1.82, 2.24) is 0 Å². The Bertz CT molecular complexity index is 233. The maximum atomic E-state index is 7.22. The molecule has 0 unspecified atom stereocenters. The highest BCUT2D eigenvalue weighted by Crippen LogP contribution is 2.27. The molecule has 0 bridgehead atoms. The van der Waals surface area contributed by atoms with Crippen molar-refractivity contribution in [3.63, 3.8) is 0 Å². The van der Waals surface area contributed by atoms with Crippen molar-refractivity contribution in [2.24, 2.45) is 0 Å². The van der Waals surface area contributed by atoms with Crippen LogP contribution in [0.15, 0.2) is 24.8 Å². The highest BCUT2D eigenvalue weighted by molar-refractivity contribution is 6.76. The molecule has 0 saturated heterocycles. The van der Waals surface area contributed by atoms with Crippen molar-refractivity contribution < 1.29 is 4.74 Å². The van der Waals surface area contributed by atoms with Crippen LogP contribution in [0, 0.1) is 5.41 Å². The van der Waals surface area contributed by atoms with E-state index in [-0.39, 0.29) is 12.5 Å². The number of unbranched alkanes of at least 4 members (excludes halogenated alkanes) is 2. The van der Waals surface area contributed by atoms with Gasteiger partial charge >= 0.3 is 0 Å². The number of nitrogens with one attached hydrogen (secondary N) is 1. The summed E-state index contributed by atoms with van der Waals surface area (Å²) in [6.07, 6.45) is 8.65. The van der Waals surface area contributed by atoms with Gasteiger partial charge in [-0.25, -0.2) is 0 Å². The van der Waals surface area contributed by atoms with Gasteiger partial charge in [0.2, 0.25) is 5.90 Å². The van der Waals surface area contributed by atoms with Gasteiger partial charge < -0.3 is 4.74 Å². The van der Waals surface area contributed by atoms with E-state index >= 15 is 0 Å². The van der Waals surface area contributed by atoms with Gasteiger partial charge in [-0.15, -0.1) is 6.58 Å². The van der Waals surface area contributed by atoms with E-state index in [1.54, 1.807) is 6.08 Å². The number of allylic oxidation sites excluding steroid dienone is 2. The van der Waals surface area contributed by atoms with Crippen LogP contribution in [0.5, 0.6) is 0 Å². The van der Waals surface area contributed by atoms with Crippen molar-refractivity contribution >= 4 is 40.7 Å². The van der Waals surface area contributed by atoms with Crippen molar-refractivity contribution in [3.8, 4) is 0 Å². The molecule has 0 aliphatic heterocycles. The molecule has 0 heterocycles. The van der Waals surface area contributed by atoms with Gasteiger partial charge in [0, 0.05) is 0 Å². The first-order valence-electron chi connectivity index (χ1n) is 4.53. The average molecular weight is 271 g/mol. The lowest BCUT2D eigenvalue weighted by molar-refractivity contribution is 0.339. The highest BCUT2D eigenvalue weighted by atomic mass is 35.6. The lowest BCUT2D eigenvalue weighted by Gasteiger charge is -2.11. The summed E-state index contributed by atoms with van der Waals surface area (Å²) < 4.78 is 3.13. The predicted molar refractivity (Wildman–Crippen MR) is 67.2 cm³/mol. The van der Waals surface area contributed by atoms with E-state index < -0.39 is 3.79 Å².